The van der Waals surface area contributed by atoms with E-state index in [-0.39, 0.29) is 12.8 Å². The first kappa shape index (κ1) is 30.3. The van der Waals surface area contributed by atoms with Crippen LogP contribution in [0, 0.1) is 17.3 Å². The third kappa shape index (κ3) is 5.59. The molecule has 3 rings (SSSR count). The maximum atomic E-state index is 12.9. The van der Waals surface area contributed by atoms with Gasteiger partial charge in [-0.05, 0) is 32.4 Å². The highest BCUT2D eigenvalue weighted by Gasteiger charge is 2.67. The lowest BCUT2D eigenvalue weighted by Gasteiger charge is -2.54. The summed E-state index contributed by atoms with van der Waals surface area (Å²) >= 11 is 0. The van der Waals surface area contributed by atoms with Crippen molar-refractivity contribution in [2.45, 2.75) is 104 Å². The van der Waals surface area contributed by atoms with Gasteiger partial charge >= 0.3 is 29.8 Å². The summed E-state index contributed by atoms with van der Waals surface area (Å²) in [4.78, 5) is 62.2. The van der Waals surface area contributed by atoms with E-state index in [1.54, 1.807) is 26.8 Å². The number of hydrogen-bond donors (Lipinski definition) is 1. The predicted octanol–water partition coefficient (Wildman–Crippen LogP) is 2.33. The smallest absolute Gasteiger partial charge is 0.312 e. The van der Waals surface area contributed by atoms with Crippen LogP contribution in [0.2, 0.25) is 0 Å². The summed E-state index contributed by atoms with van der Waals surface area (Å²) in [6, 6.07) is 0. The summed E-state index contributed by atoms with van der Waals surface area (Å²) in [5.74, 6) is -5.31. The molecule has 0 bridgehead atoms. The summed E-state index contributed by atoms with van der Waals surface area (Å²) in [5, 5.41) is 12.4. The van der Waals surface area contributed by atoms with Crippen LogP contribution < -0.4 is 0 Å². The molecule has 11 heteroatoms. The van der Waals surface area contributed by atoms with Crippen molar-refractivity contribution in [3.05, 3.63) is 23.3 Å². The molecule has 0 aromatic carbocycles. The van der Waals surface area contributed by atoms with Gasteiger partial charge < -0.3 is 28.8 Å². The van der Waals surface area contributed by atoms with Gasteiger partial charge in [-0.25, -0.2) is 0 Å². The summed E-state index contributed by atoms with van der Waals surface area (Å²) in [6.07, 6.45) is -2.06. The number of ether oxygens (including phenoxy) is 5. The zero-order valence-electron chi connectivity index (χ0n) is 23.6. The van der Waals surface area contributed by atoms with Crippen LogP contribution in [0.25, 0.3) is 0 Å². The normalized spacial score (nSPS) is 39.4. The lowest BCUT2D eigenvalue weighted by molar-refractivity contribution is -0.218. The van der Waals surface area contributed by atoms with E-state index in [0.717, 1.165) is 0 Å². The second kappa shape index (κ2) is 11.1. The third-order valence-electron chi connectivity index (χ3n) is 8.27. The van der Waals surface area contributed by atoms with E-state index in [4.69, 9.17) is 23.7 Å². The Morgan fingerprint density at radius 3 is 1.97 bits per heavy atom. The monoisotopic (exact) mass is 550 g/mol. The molecule has 9 atom stereocenters. The lowest BCUT2D eigenvalue weighted by Crippen LogP contribution is -2.65. The van der Waals surface area contributed by atoms with Gasteiger partial charge in [0, 0.05) is 46.5 Å². The Bertz CT molecular complexity index is 1110. The average Bonchev–Trinajstić information content (AvgIpc) is 3.01. The highest BCUT2D eigenvalue weighted by molar-refractivity contribution is 5.78. The van der Waals surface area contributed by atoms with Gasteiger partial charge in [0.25, 0.3) is 0 Å². The van der Waals surface area contributed by atoms with Crippen molar-refractivity contribution >= 4 is 29.8 Å². The third-order valence-corrected chi connectivity index (χ3v) is 8.27. The number of hydrogen-bond acceptors (Lipinski definition) is 11. The number of esters is 5. The number of aliphatic hydroxyl groups is 1. The SMILES string of the molecule is CC(=O)O[C@H]1CC=C(C)[C@@H]2[C@H](OC(C)=O)[C@@]3(O)[C@H](/C=C(/C)[C@H](OC(C)=O)C[C@H](OC(C)=O)[C@@]12C)OC(=O)[C@@H]3C. The van der Waals surface area contributed by atoms with Crippen molar-refractivity contribution in [1.82, 2.24) is 0 Å². The topological polar surface area (TPSA) is 152 Å². The molecule has 0 aromatic heterocycles. The molecule has 216 valence electrons. The molecule has 1 saturated heterocycles. The van der Waals surface area contributed by atoms with Crippen LogP contribution in [-0.4, -0.2) is 71.1 Å². The number of fused-ring (bicyclic) bond motifs is 2. The van der Waals surface area contributed by atoms with E-state index in [0.29, 0.717) is 11.1 Å². The molecule has 0 unspecified atom stereocenters. The van der Waals surface area contributed by atoms with Crippen LogP contribution in [0.1, 0.15) is 68.2 Å². The fourth-order valence-corrected chi connectivity index (χ4v) is 6.35. The molecular formula is C28H38O11. The molecule has 0 aromatic rings. The largest absolute Gasteiger partial charge is 0.462 e. The lowest BCUT2D eigenvalue weighted by atomic mass is 9.56. The van der Waals surface area contributed by atoms with E-state index in [1.165, 1.54) is 40.7 Å². The fourth-order valence-electron chi connectivity index (χ4n) is 6.35. The fraction of sp³-hybridized carbons (Fsp3) is 0.679. The first-order chi connectivity index (χ1) is 18.0. The van der Waals surface area contributed by atoms with Crippen molar-refractivity contribution in [2.24, 2.45) is 17.3 Å². The van der Waals surface area contributed by atoms with Crippen molar-refractivity contribution < 1.29 is 52.8 Å². The van der Waals surface area contributed by atoms with Gasteiger partial charge in [0.15, 0.2) is 11.7 Å². The minimum absolute atomic E-state index is 0.0407. The Morgan fingerprint density at radius 1 is 0.897 bits per heavy atom. The van der Waals surface area contributed by atoms with Crippen LogP contribution in [-0.2, 0) is 47.7 Å². The quantitative estimate of drug-likeness (QED) is 0.312. The molecule has 0 amide bonds. The predicted molar refractivity (Wildman–Crippen MR) is 135 cm³/mol. The molecule has 11 nitrogen and oxygen atoms in total. The molecular weight excluding hydrogens is 512 g/mol. The maximum absolute atomic E-state index is 12.9. The second-order valence-electron chi connectivity index (χ2n) is 11.0. The van der Waals surface area contributed by atoms with Crippen molar-refractivity contribution in [1.29, 1.82) is 0 Å². The van der Waals surface area contributed by atoms with E-state index in [1.807, 2.05) is 0 Å². The maximum Gasteiger partial charge on any atom is 0.312 e. The van der Waals surface area contributed by atoms with Crippen LogP contribution >= 0.6 is 0 Å². The molecule has 3 aliphatic rings. The zero-order chi connectivity index (χ0) is 29.4. The molecule has 1 heterocycles. The molecule has 1 fully saturated rings. The Balaban J connectivity index is 2.42. The number of carbonyl (C=O) groups excluding carboxylic acids is 5. The first-order valence-electron chi connectivity index (χ1n) is 13.0. The van der Waals surface area contributed by atoms with Crippen molar-refractivity contribution in [2.75, 3.05) is 0 Å². The van der Waals surface area contributed by atoms with Crippen LogP contribution in [0.3, 0.4) is 0 Å². The van der Waals surface area contributed by atoms with Crippen LogP contribution in [0.4, 0.5) is 0 Å². The standard InChI is InChI=1S/C28H38O11/c1-13-9-10-21(36-17(5)30)27(8)22(37-18(6)31)12-20(35-16(4)29)14(2)11-23-28(34,15(3)26(33)39-23)25(24(13)27)38-19(7)32/h9,11,15,20-25,34H,10,12H2,1-8H3/b14-11-/t15-,20+,21-,22-,23-,24+,25-,27+,28-/m0/s1. The van der Waals surface area contributed by atoms with Crippen molar-refractivity contribution in [3.63, 3.8) is 0 Å². The molecule has 0 spiro atoms. The molecule has 1 N–H and O–H groups in total. The van der Waals surface area contributed by atoms with E-state index < -0.39 is 83.2 Å². The second-order valence-corrected chi connectivity index (χ2v) is 11.0. The first-order valence-corrected chi connectivity index (χ1v) is 13.0. The Hall–Kier alpha value is -3.21. The van der Waals surface area contributed by atoms with Crippen molar-refractivity contribution in [3.8, 4) is 0 Å². The van der Waals surface area contributed by atoms with E-state index in [9.17, 15) is 29.1 Å². The van der Waals surface area contributed by atoms with Gasteiger partial charge in [0.2, 0.25) is 0 Å². The van der Waals surface area contributed by atoms with Gasteiger partial charge in [-0.3, -0.25) is 24.0 Å². The molecule has 1 aliphatic heterocycles. The Kier molecular flexibility index (Phi) is 8.64. The molecule has 2 aliphatic carbocycles. The molecule has 0 saturated carbocycles. The number of rotatable bonds is 4. The number of carbonyl (C=O) groups is 5. The van der Waals surface area contributed by atoms with Crippen LogP contribution in [0.5, 0.6) is 0 Å². The average molecular weight is 551 g/mol. The minimum atomic E-state index is -2.08. The van der Waals surface area contributed by atoms with Gasteiger partial charge in [-0.1, -0.05) is 18.6 Å². The highest BCUT2D eigenvalue weighted by Crippen LogP contribution is 2.55. The minimum Gasteiger partial charge on any atom is -0.462 e. The Morgan fingerprint density at radius 2 is 1.44 bits per heavy atom. The van der Waals surface area contributed by atoms with E-state index >= 15 is 0 Å². The highest BCUT2D eigenvalue weighted by atomic mass is 16.6. The Labute approximate surface area is 227 Å². The van der Waals surface area contributed by atoms with Gasteiger partial charge in [-0.15, -0.1) is 0 Å². The molecule has 0 radical (unpaired) electrons. The zero-order valence-corrected chi connectivity index (χ0v) is 23.6. The summed E-state index contributed by atoms with van der Waals surface area (Å²) in [7, 11) is 0. The van der Waals surface area contributed by atoms with Gasteiger partial charge in [-0.2, -0.15) is 0 Å². The summed E-state index contributed by atoms with van der Waals surface area (Å²) in [6.45, 7) is 11.5. The van der Waals surface area contributed by atoms with Gasteiger partial charge in [0.1, 0.15) is 24.4 Å². The summed E-state index contributed by atoms with van der Waals surface area (Å²) in [5.41, 5.74) is -2.32. The van der Waals surface area contributed by atoms with Crippen LogP contribution in [0.15, 0.2) is 23.3 Å². The van der Waals surface area contributed by atoms with E-state index in [2.05, 4.69) is 0 Å². The molecule has 39 heavy (non-hydrogen) atoms. The summed E-state index contributed by atoms with van der Waals surface area (Å²) < 4.78 is 28.7. The van der Waals surface area contributed by atoms with Gasteiger partial charge in [0.05, 0.1) is 11.3 Å².